The van der Waals surface area contributed by atoms with E-state index >= 15 is 0 Å². The van der Waals surface area contributed by atoms with Gasteiger partial charge in [-0.15, -0.1) is 0 Å². The highest BCUT2D eigenvalue weighted by atomic mass is 19.1. The first-order valence-electron chi connectivity index (χ1n) is 7.29. The van der Waals surface area contributed by atoms with Crippen LogP contribution in [-0.2, 0) is 6.42 Å². The molecule has 1 N–H and O–H groups in total. The van der Waals surface area contributed by atoms with E-state index in [-0.39, 0.29) is 17.5 Å². The number of aliphatic hydroxyl groups excluding tert-OH is 1. The summed E-state index contributed by atoms with van der Waals surface area (Å²) in [5, 5.41) is 10.2. The van der Waals surface area contributed by atoms with Gasteiger partial charge in [0.15, 0.2) is 0 Å². The van der Waals surface area contributed by atoms with Gasteiger partial charge in [0.1, 0.15) is 5.82 Å². The van der Waals surface area contributed by atoms with Crippen LogP contribution in [0.1, 0.15) is 22.3 Å². The molecule has 0 radical (unpaired) electrons. The van der Waals surface area contributed by atoms with Gasteiger partial charge in [-0.1, -0.05) is 12.1 Å². The van der Waals surface area contributed by atoms with E-state index in [1.807, 2.05) is 12.1 Å². The molecule has 5 heteroatoms. The van der Waals surface area contributed by atoms with Gasteiger partial charge in [0.25, 0.3) is 5.91 Å². The molecule has 2 atom stereocenters. The lowest BCUT2D eigenvalue weighted by Gasteiger charge is -2.26. The topological polar surface area (TPSA) is 53.4 Å². The number of pyridine rings is 1. The fourth-order valence-corrected chi connectivity index (χ4v) is 2.89. The van der Waals surface area contributed by atoms with Crippen LogP contribution in [0.4, 0.5) is 4.39 Å². The van der Waals surface area contributed by atoms with E-state index in [4.69, 9.17) is 0 Å². The summed E-state index contributed by atoms with van der Waals surface area (Å²) in [4.78, 5) is 18.1. The minimum absolute atomic E-state index is 0.0522. The maximum atomic E-state index is 13.8. The smallest absolute Gasteiger partial charge is 0.257 e. The second-order valence-electron chi connectivity index (χ2n) is 5.46. The number of nitrogens with zero attached hydrogens (tertiary/aromatic N) is 2. The molecule has 1 aliphatic rings. The molecule has 114 valence electrons. The van der Waals surface area contributed by atoms with Crippen molar-refractivity contribution in [3.05, 3.63) is 65.7 Å². The zero-order valence-electron chi connectivity index (χ0n) is 12.0. The number of aromatic nitrogens is 1. The van der Waals surface area contributed by atoms with Crippen LogP contribution >= 0.6 is 0 Å². The third kappa shape index (κ3) is 2.85. The quantitative estimate of drug-likeness (QED) is 0.944. The fourth-order valence-electron chi connectivity index (χ4n) is 2.89. The van der Waals surface area contributed by atoms with Gasteiger partial charge in [0.05, 0.1) is 17.7 Å². The van der Waals surface area contributed by atoms with Gasteiger partial charge in [0, 0.05) is 18.9 Å². The minimum Gasteiger partial charge on any atom is -0.391 e. The van der Waals surface area contributed by atoms with E-state index in [9.17, 15) is 14.3 Å². The second-order valence-corrected chi connectivity index (χ2v) is 5.46. The van der Waals surface area contributed by atoms with Crippen molar-refractivity contribution in [1.82, 2.24) is 9.88 Å². The predicted octanol–water partition coefficient (Wildman–Crippen LogP) is 2.04. The van der Waals surface area contributed by atoms with Gasteiger partial charge in [-0.05, 0) is 42.7 Å². The maximum Gasteiger partial charge on any atom is 0.257 e. The molecular weight excluding hydrogens is 283 g/mol. The molecule has 0 aliphatic carbocycles. The highest BCUT2D eigenvalue weighted by Crippen LogP contribution is 2.24. The number of carbonyl (C=O) groups excluding carboxylic acids is 1. The molecular formula is C17H17FN2O2. The van der Waals surface area contributed by atoms with E-state index in [0.29, 0.717) is 19.4 Å². The van der Waals surface area contributed by atoms with E-state index < -0.39 is 11.9 Å². The zero-order chi connectivity index (χ0) is 15.5. The molecule has 0 bridgehead atoms. The third-order valence-electron chi connectivity index (χ3n) is 4.07. The Morgan fingerprint density at radius 3 is 2.73 bits per heavy atom. The number of hydrogen-bond donors (Lipinski definition) is 1. The van der Waals surface area contributed by atoms with Crippen molar-refractivity contribution in [3.63, 3.8) is 0 Å². The average molecular weight is 300 g/mol. The lowest BCUT2D eigenvalue weighted by atomic mass is 10.0. The molecule has 2 heterocycles. The Hall–Kier alpha value is -2.27. The van der Waals surface area contributed by atoms with Crippen molar-refractivity contribution in [2.24, 2.45) is 0 Å². The Bertz CT molecular complexity index is 663. The molecule has 2 aromatic rings. The van der Waals surface area contributed by atoms with Crippen molar-refractivity contribution in [2.45, 2.75) is 25.0 Å². The number of likely N-dealkylation sites (tertiary alicyclic amines) is 1. The standard InChI is InChI=1S/C17H17FN2O2/c18-14-4-2-1-3-13(14)17(22)20-10-7-16(21)15(20)11-12-5-8-19-9-6-12/h1-6,8-9,15-16,21H,7,10-11H2/t15-,16-/m1/s1. The van der Waals surface area contributed by atoms with Gasteiger partial charge in [-0.3, -0.25) is 9.78 Å². The molecule has 1 amide bonds. The monoisotopic (exact) mass is 300 g/mol. The van der Waals surface area contributed by atoms with Crippen molar-refractivity contribution in [2.75, 3.05) is 6.54 Å². The highest BCUT2D eigenvalue weighted by Gasteiger charge is 2.36. The summed E-state index contributed by atoms with van der Waals surface area (Å²) in [5.74, 6) is -0.898. The van der Waals surface area contributed by atoms with E-state index in [1.54, 1.807) is 29.4 Å². The number of aliphatic hydroxyl groups is 1. The highest BCUT2D eigenvalue weighted by molar-refractivity contribution is 5.95. The maximum absolute atomic E-state index is 13.8. The Labute approximate surface area is 128 Å². The molecule has 1 saturated heterocycles. The lowest BCUT2D eigenvalue weighted by molar-refractivity contribution is 0.0635. The summed E-state index contributed by atoms with van der Waals surface area (Å²) < 4.78 is 13.8. The normalized spacial score (nSPS) is 21.1. The first-order chi connectivity index (χ1) is 10.7. The summed E-state index contributed by atoms with van der Waals surface area (Å²) in [7, 11) is 0. The number of rotatable bonds is 3. The summed E-state index contributed by atoms with van der Waals surface area (Å²) >= 11 is 0. The van der Waals surface area contributed by atoms with Crippen LogP contribution < -0.4 is 0 Å². The number of carbonyl (C=O) groups is 1. The Morgan fingerprint density at radius 2 is 2.00 bits per heavy atom. The SMILES string of the molecule is O=C(c1ccccc1F)N1CC[C@@H](O)[C@H]1Cc1ccncc1. The molecule has 0 unspecified atom stereocenters. The van der Waals surface area contributed by atoms with Crippen LogP contribution in [0, 0.1) is 5.82 Å². The van der Waals surface area contributed by atoms with Crippen molar-refractivity contribution in [1.29, 1.82) is 0 Å². The Balaban J connectivity index is 1.83. The first kappa shape index (κ1) is 14.7. The molecule has 0 spiro atoms. The van der Waals surface area contributed by atoms with E-state index in [2.05, 4.69) is 4.98 Å². The van der Waals surface area contributed by atoms with Crippen LogP contribution in [0.3, 0.4) is 0 Å². The number of hydrogen-bond acceptors (Lipinski definition) is 3. The number of benzene rings is 1. The molecule has 1 fully saturated rings. The van der Waals surface area contributed by atoms with Gasteiger partial charge in [-0.25, -0.2) is 4.39 Å². The summed E-state index contributed by atoms with van der Waals surface area (Å²) in [6.07, 6.45) is 3.81. The van der Waals surface area contributed by atoms with Crippen LogP contribution in [-0.4, -0.2) is 39.6 Å². The lowest BCUT2D eigenvalue weighted by Crippen LogP contribution is -2.41. The minimum atomic E-state index is -0.594. The van der Waals surface area contributed by atoms with Gasteiger partial charge < -0.3 is 10.0 Å². The average Bonchev–Trinajstić information content (AvgIpc) is 2.89. The van der Waals surface area contributed by atoms with Gasteiger partial charge in [0.2, 0.25) is 0 Å². The molecule has 1 aromatic heterocycles. The van der Waals surface area contributed by atoms with Gasteiger partial charge in [-0.2, -0.15) is 0 Å². The number of amides is 1. The Kier molecular flexibility index (Phi) is 4.15. The van der Waals surface area contributed by atoms with E-state index in [1.165, 1.54) is 12.1 Å². The molecule has 3 rings (SSSR count). The number of halogens is 1. The summed E-state index contributed by atoms with van der Waals surface area (Å²) in [6, 6.07) is 9.33. The van der Waals surface area contributed by atoms with Crippen molar-refractivity contribution in [3.8, 4) is 0 Å². The first-order valence-corrected chi connectivity index (χ1v) is 7.29. The largest absolute Gasteiger partial charge is 0.391 e. The summed E-state index contributed by atoms with van der Waals surface area (Å²) in [6.45, 7) is 0.435. The molecule has 0 saturated carbocycles. The van der Waals surface area contributed by atoms with Crippen LogP contribution in [0.25, 0.3) is 0 Å². The second kappa shape index (κ2) is 6.23. The molecule has 1 aliphatic heterocycles. The van der Waals surface area contributed by atoms with Crippen LogP contribution in [0.15, 0.2) is 48.8 Å². The van der Waals surface area contributed by atoms with Crippen molar-refractivity contribution < 1.29 is 14.3 Å². The fraction of sp³-hybridized carbons (Fsp3) is 0.294. The summed E-state index contributed by atoms with van der Waals surface area (Å²) in [5.41, 5.74) is 1.05. The third-order valence-corrected chi connectivity index (χ3v) is 4.07. The molecule has 1 aromatic carbocycles. The van der Waals surface area contributed by atoms with Crippen LogP contribution in [0.5, 0.6) is 0 Å². The zero-order valence-corrected chi connectivity index (χ0v) is 12.0. The molecule has 22 heavy (non-hydrogen) atoms. The molecule has 4 nitrogen and oxygen atoms in total. The van der Waals surface area contributed by atoms with Crippen molar-refractivity contribution >= 4 is 5.91 Å². The predicted molar refractivity (Wildman–Crippen MR) is 79.8 cm³/mol. The Morgan fingerprint density at radius 1 is 1.27 bits per heavy atom. The van der Waals surface area contributed by atoms with E-state index in [0.717, 1.165) is 5.56 Å². The van der Waals surface area contributed by atoms with Gasteiger partial charge >= 0.3 is 0 Å². The van der Waals surface area contributed by atoms with Crippen LogP contribution in [0.2, 0.25) is 0 Å².